The van der Waals surface area contributed by atoms with Gasteiger partial charge in [0.25, 0.3) is 0 Å². The molecule has 294 valence electrons. The third-order valence-electron chi connectivity index (χ3n) is 12.9. The molecule has 0 unspecified atom stereocenters. The van der Waals surface area contributed by atoms with Crippen molar-refractivity contribution in [1.29, 1.82) is 0 Å². The predicted octanol–water partition coefficient (Wildman–Crippen LogP) is 17.4. The summed E-state index contributed by atoms with van der Waals surface area (Å²) in [5.74, 6) is 0. The second-order valence-electron chi connectivity index (χ2n) is 16.4. The van der Waals surface area contributed by atoms with Crippen molar-refractivity contribution in [2.45, 2.75) is 0 Å². The zero-order chi connectivity index (χ0) is 41.4. The minimum absolute atomic E-state index is 0.842. The predicted molar refractivity (Wildman–Crippen MR) is 268 cm³/mol. The van der Waals surface area contributed by atoms with Crippen LogP contribution in [-0.2, 0) is 0 Å². The molecular weight excluding hydrogens is 765 g/mol. The van der Waals surface area contributed by atoms with Gasteiger partial charge < -0.3 is 14.2 Å². The minimum atomic E-state index is 0.842. The van der Waals surface area contributed by atoms with Gasteiger partial charge in [-0.15, -0.1) is 0 Å². The fraction of sp³-hybridized carbons (Fsp3) is 0. The average molecular weight is 803 g/mol. The summed E-state index contributed by atoms with van der Waals surface area (Å²) < 4.78 is 7.26. The molecule has 63 heavy (non-hydrogen) atoms. The van der Waals surface area contributed by atoms with Crippen molar-refractivity contribution in [2.24, 2.45) is 0 Å². The smallest absolute Gasteiger partial charge is 0.138 e. The van der Waals surface area contributed by atoms with E-state index in [1.54, 1.807) is 0 Å². The lowest BCUT2D eigenvalue weighted by atomic mass is 9.95. The van der Waals surface area contributed by atoms with Crippen LogP contribution >= 0.6 is 0 Å². The lowest BCUT2D eigenvalue weighted by Gasteiger charge is -2.29. The number of para-hydroxylation sites is 2. The lowest BCUT2D eigenvalue weighted by Crippen LogP contribution is -2.11. The van der Waals surface area contributed by atoms with Crippen molar-refractivity contribution in [1.82, 2.24) is 0 Å². The van der Waals surface area contributed by atoms with Gasteiger partial charge in [-0.2, -0.15) is 0 Å². The van der Waals surface area contributed by atoms with Crippen LogP contribution in [0, 0.1) is 0 Å². The van der Waals surface area contributed by atoms with E-state index in [1.165, 1.54) is 43.1 Å². The largest absolute Gasteiger partial charge is 0.456 e. The topological polar surface area (TPSA) is 19.6 Å². The van der Waals surface area contributed by atoms with Gasteiger partial charge in [0.15, 0.2) is 0 Å². The number of nitrogens with zero attached hydrogens (tertiary/aromatic N) is 2. The molecule has 3 heteroatoms. The van der Waals surface area contributed by atoms with Crippen molar-refractivity contribution in [2.75, 3.05) is 9.80 Å². The number of anilines is 6. The Labute approximate surface area is 363 Å². The SMILES string of the molecule is c1ccc(N(c2cc3ccccc3c3ccccc23)c2cc3oc4cc(N(c5ccccc5)c5cc6ccccc6c6ccccc56)c5ccccc5c4c3c3ccccc23)cc1. The van der Waals surface area contributed by atoms with Crippen LogP contribution < -0.4 is 9.80 Å². The minimum Gasteiger partial charge on any atom is -0.456 e. The average Bonchev–Trinajstić information content (AvgIpc) is 3.74. The molecule has 0 aliphatic rings. The molecule has 1 heterocycles. The highest BCUT2D eigenvalue weighted by atomic mass is 16.3. The summed E-state index contributed by atoms with van der Waals surface area (Å²) in [5, 5.41) is 16.5. The Bertz CT molecular complexity index is 3670. The molecule has 13 rings (SSSR count). The maximum absolute atomic E-state index is 7.26. The molecule has 0 radical (unpaired) electrons. The van der Waals surface area contributed by atoms with E-state index >= 15 is 0 Å². The fourth-order valence-electron chi connectivity index (χ4n) is 10.2. The second kappa shape index (κ2) is 14.1. The van der Waals surface area contributed by atoms with Gasteiger partial charge in [-0.1, -0.05) is 182 Å². The molecule has 3 nitrogen and oxygen atoms in total. The molecule has 0 N–H and O–H groups in total. The Hall–Kier alpha value is -8.40. The number of rotatable bonds is 6. The number of hydrogen-bond donors (Lipinski definition) is 0. The fourth-order valence-corrected chi connectivity index (χ4v) is 10.2. The molecule has 0 bridgehead atoms. The highest BCUT2D eigenvalue weighted by molar-refractivity contribution is 6.31. The Morgan fingerprint density at radius 1 is 0.238 bits per heavy atom. The Morgan fingerprint density at radius 2 is 0.524 bits per heavy atom. The highest BCUT2D eigenvalue weighted by Gasteiger charge is 2.26. The van der Waals surface area contributed by atoms with Gasteiger partial charge in [-0.25, -0.2) is 0 Å². The van der Waals surface area contributed by atoms with Crippen LogP contribution in [-0.4, -0.2) is 0 Å². The normalized spacial score (nSPS) is 11.8. The Kier molecular flexibility index (Phi) is 7.91. The maximum atomic E-state index is 7.26. The van der Waals surface area contributed by atoms with Crippen molar-refractivity contribution in [3.63, 3.8) is 0 Å². The second-order valence-corrected chi connectivity index (χ2v) is 16.4. The lowest BCUT2D eigenvalue weighted by molar-refractivity contribution is 0.669. The van der Waals surface area contributed by atoms with Crippen molar-refractivity contribution in [3.05, 3.63) is 231 Å². The molecule has 0 spiro atoms. The van der Waals surface area contributed by atoms with Gasteiger partial charge in [0.1, 0.15) is 11.2 Å². The Balaban J connectivity index is 1.12. The maximum Gasteiger partial charge on any atom is 0.138 e. The van der Waals surface area contributed by atoms with Gasteiger partial charge in [0, 0.05) is 55.8 Å². The van der Waals surface area contributed by atoms with Crippen LogP contribution in [0.1, 0.15) is 0 Å². The quantitative estimate of drug-likeness (QED) is 0.156. The van der Waals surface area contributed by atoms with Crippen LogP contribution in [0.15, 0.2) is 235 Å². The third kappa shape index (κ3) is 5.46. The van der Waals surface area contributed by atoms with Crippen LogP contribution in [0.4, 0.5) is 34.1 Å². The van der Waals surface area contributed by atoms with E-state index in [2.05, 4.69) is 240 Å². The molecule has 0 amide bonds. The van der Waals surface area contributed by atoms with E-state index in [0.717, 1.165) is 77.6 Å². The molecule has 0 atom stereocenters. The number of fused-ring (bicyclic) bond motifs is 13. The van der Waals surface area contributed by atoms with Crippen molar-refractivity contribution >= 4 is 121 Å². The first-order chi connectivity index (χ1) is 31.3. The van der Waals surface area contributed by atoms with Gasteiger partial charge in [0.2, 0.25) is 0 Å². The molecular formula is C60H38N2O. The molecule has 0 saturated heterocycles. The van der Waals surface area contributed by atoms with E-state index in [9.17, 15) is 0 Å². The third-order valence-corrected chi connectivity index (χ3v) is 12.9. The zero-order valence-corrected chi connectivity index (χ0v) is 34.2. The van der Waals surface area contributed by atoms with Crippen LogP contribution in [0.5, 0.6) is 0 Å². The number of furan rings is 1. The van der Waals surface area contributed by atoms with E-state index < -0.39 is 0 Å². The summed E-state index contributed by atoms with van der Waals surface area (Å²) in [4.78, 5) is 4.85. The first kappa shape index (κ1) is 35.4. The number of hydrogen-bond acceptors (Lipinski definition) is 3. The molecule has 0 saturated carbocycles. The first-order valence-electron chi connectivity index (χ1n) is 21.6. The summed E-state index contributed by atoms with van der Waals surface area (Å²) in [5.41, 5.74) is 8.18. The molecule has 13 aromatic rings. The van der Waals surface area contributed by atoms with Crippen LogP contribution in [0.25, 0.3) is 86.6 Å². The number of benzene rings is 12. The highest BCUT2D eigenvalue weighted by Crippen LogP contribution is 2.51. The molecule has 0 fully saturated rings. The van der Waals surface area contributed by atoms with Crippen LogP contribution in [0.3, 0.4) is 0 Å². The summed E-state index contributed by atoms with van der Waals surface area (Å²) in [6.07, 6.45) is 0. The van der Waals surface area contributed by atoms with E-state index in [4.69, 9.17) is 4.42 Å². The first-order valence-corrected chi connectivity index (χ1v) is 21.6. The molecule has 0 aliphatic heterocycles. The van der Waals surface area contributed by atoms with Gasteiger partial charge in [0.05, 0.1) is 22.7 Å². The summed E-state index contributed by atoms with van der Waals surface area (Å²) in [6.45, 7) is 0. The molecule has 12 aromatic carbocycles. The van der Waals surface area contributed by atoms with Crippen molar-refractivity contribution < 1.29 is 4.42 Å². The van der Waals surface area contributed by atoms with E-state index in [0.29, 0.717) is 0 Å². The monoisotopic (exact) mass is 802 g/mol. The van der Waals surface area contributed by atoms with E-state index in [1.807, 2.05) is 0 Å². The summed E-state index contributed by atoms with van der Waals surface area (Å²) >= 11 is 0. The summed E-state index contributed by atoms with van der Waals surface area (Å²) in [7, 11) is 0. The molecule has 0 aliphatic carbocycles. The standard InChI is InChI=1S/C60H38N2O/c1-3-21-41(22-4-1)61(53-35-39-19-7-9-25-43(39)45-27-11-13-29-47(45)53)55-37-57-59(51-33-17-15-31-49(51)55)60-52-34-18-16-32-50(52)56(38-58(60)63-57)62(42-23-5-2-6-24-42)54-36-40-20-8-10-26-44(40)46-28-12-14-30-48(46)54/h1-38H. The van der Waals surface area contributed by atoms with Gasteiger partial charge in [-0.05, 0) is 79.5 Å². The van der Waals surface area contributed by atoms with Crippen molar-refractivity contribution in [3.8, 4) is 0 Å². The van der Waals surface area contributed by atoms with E-state index in [-0.39, 0.29) is 0 Å². The molecule has 1 aromatic heterocycles. The summed E-state index contributed by atoms with van der Waals surface area (Å²) in [6, 6.07) is 83.4. The zero-order valence-electron chi connectivity index (χ0n) is 34.2. The van der Waals surface area contributed by atoms with Gasteiger partial charge in [-0.3, -0.25) is 0 Å². The van der Waals surface area contributed by atoms with Gasteiger partial charge >= 0.3 is 0 Å². The van der Waals surface area contributed by atoms with Crippen LogP contribution in [0.2, 0.25) is 0 Å². The Morgan fingerprint density at radius 3 is 0.921 bits per heavy atom.